The van der Waals surface area contributed by atoms with E-state index in [9.17, 15) is 9.59 Å². The number of carbonyl (C=O) groups is 2. The second-order valence-corrected chi connectivity index (χ2v) is 7.40. The fourth-order valence-electron chi connectivity index (χ4n) is 4.12. The Balaban J connectivity index is 2.11. The van der Waals surface area contributed by atoms with Crippen LogP contribution in [-0.4, -0.2) is 64.5 Å². The summed E-state index contributed by atoms with van der Waals surface area (Å²) in [6, 6.07) is 2.33. The van der Waals surface area contributed by atoms with E-state index in [1.807, 2.05) is 0 Å². The van der Waals surface area contributed by atoms with E-state index in [1.54, 1.807) is 19.1 Å². The lowest BCUT2D eigenvalue weighted by Crippen LogP contribution is -2.49. The van der Waals surface area contributed by atoms with Crippen molar-refractivity contribution in [3.8, 4) is 17.2 Å². The Morgan fingerprint density at radius 2 is 1.77 bits per heavy atom. The Bertz CT molecular complexity index is 848. The van der Waals surface area contributed by atoms with E-state index in [2.05, 4.69) is 15.5 Å². The molecule has 1 atom stereocenters. The molecule has 0 unspecified atom stereocenters. The van der Waals surface area contributed by atoms with Gasteiger partial charge >= 0.3 is 12.0 Å². The van der Waals surface area contributed by atoms with Crippen LogP contribution in [0.15, 0.2) is 23.4 Å². The molecule has 2 aliphatic heterocycles. The molecule has 0 saturated carbocycles. The molecule has 1 fully saturated rings. The number of carbonyl (C=O) groups excluding carboxylic acids is 2. The number of urea groups is 1. The van der Waals surface area contributed by atoms with E-state index in [4.69, 9.17) is 18.9 Å². The molecule has 2 heterocycles. The van der Waals surface area contributed by atoms with E-state index in [0.29, 0.717) is 40.6 Å². The van der Waals surface area contributed by atoms with Crippen LogP contribution in [0.4, 0.5) is 4.79 Å². The third-order valence-electron chi connectivity index (χ3n) is 5.53. The highest BCUT2D eigenvalue weighted by Crippen LogP contribution is 2.44. The molecule has 170 valence electrons. The largest absolute Gasteiger partial charge is 0.493 e. The van der Waals surface area contributed by atoms with Crippen molar-refractivity contribution < 1.29 is 28.5 Å². The summed E-state index contributed by atoms with van der Waals surface area (Å²) in [5, 5.41) is 5.68. The van der Waals surface area contributed by atoms with Crippen LogP contribution in [0.2, 0.25) is 0 Å². The monoisotopic (exact) mass is 433 g/mol. The van der Waals surface area contributed by atoms with Crippen molar-refractivity contribution in [2.75, 3.05) is 47.6 Å². The molecule has 0 radical (unpaired) electrons. The van der Waals surface area contributed by atoms with Gasteiger partial charge in [0.2, 0.25) is 5.75 Å². The number of methoxy groups -OCH3 is 3. The third kappa shape index (κ3) is 4.87. The van der Waals surface area contributed by atoms with Crippen molar-refractivity contribution in [3.63, 3.8) is 0 Å². The van der Waals surface area contributed by atoms with E-state index < -0.39 is 12.0 Å². The van der Waals surface area contributed by atoms with Crippen molar-refractivity contribution in [1.29, 1.82) is 0 Å². The van der Waals surface area contributed by atoms with Gasteiger partial charge in [-0.1, -0.05) is 6.42 Å². The standard InChI is InChI=1S/C22H31N3O6/c1-5-31-21(26)17-15(13-25-11-7-6-8-12-25)23-22(27)24-18(17)14-9-10-16(28-2)20(30-4)19(14)29-3/h9-10,18H,5-8,11-13H2,1-4H3,(H2,23,24,27)/t18-/m1/s1. The van der Waals surface area contributed by atoms with Crippen LogP contribution >= 0.6 is 0 Å². The summed E-state index contributed by atoms with van der Waals surface area (Å²) < 4.78 is 21.8. The smallest absolute Gasteiger partial charge is 0.338 e. The van der Waals surface area contributed by atoms with Crippen LogP contribution in [0.25, 0.3) is 0 Å². The van der Waals surface area contributed by atoms with Gasteiger partial charge in [0.05, 0.1) is 39.6 Å². The van der Waals surface area contributed by atoms with Crippen LogP contribution in [0.5, 0.6) is 17.2 Å². The second-order valence-electron chi connectivity index (χ2n) is 7.40. The molecule has 9 nitrogen and oxygen atoms in total. The second kappa shape index (κ2) is 10.4. The van der Waals surface area contributed by atoms with Crippen LogP contribution < -0.4 is 24.8 Å². The van der Waals surface area contributed by atoms with Gasteiger partial charge in [-0.15, -0.1) is 0 Å². The Morgan fingerprint density at radius 1 is 1.06 bits per heavy atom. The SMILES string of the molecule is CCOC(=O)C1=C(CN2CCCCC2)NC(=O)N[C@@H]1c1ccc(OC)c(OC)c1OC. The number of likely N-dealkylation sites (tertiary alicyclic amines) is 1. The van der Waals surface area contributed by atoms with Gasteiger partial charge in [0, 0.05) is 17.8 Å². The molecule has 0 aliphatic carbocycles. The zero-order valence-electron chi connectivity index (χ0n) is 18.6. The first kappa shape index (κ1) is 22.7. The molecule has 1 saturated heterocycles. The Hall–Kier alpha value is -2.94. The first-order valence-corrected chi connectivity index (χ1v) is 10.5. The molecule has 2 amide bonds. The summed E-state index contributed by atoms with van der Waals surface area (Å²) in [6.07, 6.45) is 3.39. The Labute approximate surface area is 182 Å². The molecule has 2 N–H and O–H groups in total. The summed E-state index contributed by atoms with van der Waals surface area (Å²) in [7, 11) is 4.55. The minimum Gasteiger partial charge on any atom is -0.493 e. The van der Waals surface area contributed by atoms with Crippen LogP contribution in [0.3, 0.4) is 0 Å². The maximum absolute atomic E-state index is 13.0. The van der Waals surface area contributed by atoms with Crippen molar-refractivity contribution >= 4 is 12.0 Å². The number of esters is 1. The quantitative estimate of drug-likeness (QED) is 0.608. The zero-order chi connectivity index (χ0) is 22.4. The molecule has 9 heteroatoms. The predicted octanol–water partition coefficient (Wildman–Crippen LogP) is 2.37. The first-order valence-electron chi connectivity index (χ1n) is 10.5. The van der Waals surface area contributed by atoms with Crippen LogP contribution in [0, 0.1) is 0 Å². The Morgan fingerprint density at radius 3 is 2.39 bits per heavy atom. The lowest BCUT2D eigenvalue weighted by atomic mass is 9.93. The molecule has 0 aromatic heterocycles. The Kier molecular flexibility index (Phi) is 7.62. The van der Waals surface area contributed by atoms with Crippen molar-refractivity contribution in [2.24, 2.45) is 0 Å². The van der Waals surface area contributed by atoms with Gasteiger partial charge in [-0.25, -0.2) is 9.59 Å². The normalized spacial score (nSPS) is 19.4. The van der Waals surface area contributed by atoms with Crippen molar-refractivity contribution in [1.82, 2.24) is 15.5 Å². The highest BCUT2D eigenvalue weighted by atomic mass is 16.5. The summed E-state index contributed by atoms with van der Waals surface area (Å²) in [4.78, 5) is 27.9. The highest BCUT2D eigenvalue weighted by molar-refractivity contribution is 5.95. The van der Waals surface area contributed by atoms with Gasteiger partial charge < -0.3 is 29.6 Å². The molecule has 3 rings (SSSR count). The van der Waals surface area contributed by atoms with Crippen LogP contribution in [-0.2, 0) is 9.53 Å². The zero-order valence-corrected chi connectivity index (χ0v) is 18.6. The number of rotatable bonds is 8. The number of hydrogen-bond donors (Lipinski definition) is 2. The van der Waals surface area contributed by atoms with Gasteiger partial charge in [0.25, 0.3) is 0 Å². The number of nitrogens with one attached hydrogen (secondary N) is 2. The number of benzene rings is 1. The van der Waals surface area contributed by atoms with E-state index in [0.717, 1.165) is 25.9 Å². The molecule has 0 bridgehead atoms. The first-order chi connectivity index (χ1) is 15.0. The van der Waals surface area contributed by atoms with E-state index in [1.165, 1.54) is 27.8 Å². The average molecular weight is 434 g/mol. The molecular formula is C22H31N3O6. The fourth-order valence-corrected chi connectivity index (χ4v) is 4.12. The maximum atomic E-state index is 13.0. The summed E-state index contributed by atoms with van der Waals surface area (Å²) in [5.41, 5.74) is 1.48. The topological polar surface area (TPSA) is 98.4 Å². The minimum atomic E-state index is -0.762. The molecule has 0 spiro atoms. The summed E-state index contributed by atoms with van der Waals surface area (Å²) in [5.74, 6) is 0.770. The minimum absolute atomic E-state index is 0.225. The van der Waals surface area contributed by atoms with E-state index >= 15 is 0 Å². The molecule has 2 aliphatic rings. The number of piperidine rings is 1. The summed E-state index contributed by atoms with van der Waals surface area (Å²) >= 11 is 0. The molecule has 31 heavy (non-hydrogen) atoms. The lowest BCUT2D eigenvalue weighted by molar-refractivity contribution is -0.139. The highest BCUT2D eigenvalue weighted by Gasteiger charge is 2.37. The number of amides is 2. The van der Waals surface area contributed by atoms with Crippen LogP contribution in [0.1, 0.15) is 37.8 Å². The molecule has 1 aromatic carbocycles. The molecule has 1 aromatic rings. The number of hydrogen-bond acceptors (Lipinski definition) is 7. The van der Waals surface area contributed by atoms with Gasteiger partial charge in [0.15, 0.2) is 11.5 Å². The summed E-state index contributed by atoms with van der Waals surface area (Å²) in [6.45, 7) is 4.29. The van der Waals surface area contributed by atoms with Gasteiger partial charge in [0.1, 0.15) is 0 Å². The average Bonchev–Trinajstić information content (AvgIpc) is 2.78. The predicted molar refractivity (Wildman–Crippen MR) is 114 cm³/mol. The fraction of sp³-hybridized carbons (Fsp3) is 0.545. The third-order valence-corrected chi connectivity index (χ3v) is 5.53. The lowest BCUT2D eigenvalue weighted by Gasteiger charge is -2.34. The van der Waals surface area contributed by atoms with E-state index in [-0.39, 0.29) is 12.6 Å². The van der Waals surface area contributed by atoms with Gasteiger partial charge in [-0.2, -0.15) is 0 Å². The van der Waals surface area contributed by atoms with Gasteiger partial charge in [-0.3, -0.25) is 4.90 Å². The molecular weight excluding hydrogens is 402 g/mol. The maximum Gasteiger partial charge on any atom is 0.338 e. The number of ether oxygens (including phenoxy) is 4. The van der Waals surface area contributed by atoms with Crippen molar-refractivity contribution in [2.45, 2.75) is 32.2 Å². The van der Waals surface area contributed by atoms with Gasteiger partial charge in [-0.05, 0) is 45.0 Å². The van der Waals surface area contributed by atoms with Crippen molar-refractivity contribution in [3.05, 3.63) is 29.0 Å². The number of nitrogens with zero attached hydrogens (tertiary/aromatic N) is 1.